The lowest BCUT2D eigenvalue weighted by atomic mass is 10.2. The van der Waals surface area contributed by atoms with Crippen molar-refractivity contribution >= 4 is 29.0 Å². The highest BCUT2D eigenvalue weighted by Gasteiger charge is 2.33. The van der Waals surface area contributed by atoms with Gasteiger partial charge in [-0.25, -0.2) is 0 Å². The molecule has 0 aromatic carbocycles. The summed E-state index contributed by atoms with van der Waals surface area (Å²) in [5.74, 6) is 0.839. The van der Waals surface area contributed by atoms with E-state index < -0.39 is 0 Å². The van der Waals surface area contributed by atoms with E-state index in [2.05, 4.69) is 29.4 Å². The first-order valence-corrected chi connectivity index (χ1v) is 8.52. The number of aryl methyl sites for hydroxylation is 1. The standard InChI is InChI=1S/C15H16N2OS2/c1-11-5-8-19-14(11)15-17(13(18)10-20-15)7-4-12-3-2-6-16-9-12/h2-3,5-6,8-9,15H,4,7,10H2,1H3. The van der Waals surface area contributed by atoms with Gasteiger partial charge in [0.15, 0.2) is 0 Å². The number of thiophene rings is 1. The molecule has 5 heteroatoms. The lowest BCUT2D eigenvalue weighted by Gasteiger charge is -2.23. The molecule has 1 unspecified atom stereocenters. The van der Waals surface area contributed by atoms with Crippen molar-refractivity contribution < 1.29 is 4.79 Å². The Labute approximate surface area is 127 Å². The molecule has 0 bridgehead atoms. The van der Waals surface area contributed by atoms with Crippen LogP contribution in [0.15, 0.2) is 36.0 Å². The quantitative estimate of drug-likeness (QED) is 0.869. The van der Waals surface area contributed by atoms with Crippen LogP contribution < -0.4 is 0 Å². The van der Waals surface area contributed by atoms with Crippen LogP contribution in [0.5, 0.6) is 0 Å². The second kappa shape index (κ2) is 5.97. The van der Waals surface area contributed by atoms with Gasteiger partial charge in [0.25, 0.3) is 0 Å². The summed E-state index contributed by atoms with van der Waals surface area (Å²) in [6.45, 7) is 2.88. The normalized spacial score (nSPS) is 18.8. The molecule has 1 aliphatic rings. The van der Waals surface area contributed by atoms with Crippen LogP contribution in [0, 0.1) is 6.92 Å². The number of thioether (sulfide) groups is 1. The van der Waals surface area contributed by atoms with Gasteiger partial charge in [-0.2, -0.15) is 0 Å². The Hall–Kier alpha value is -1.33. The number of pyridine rings is 1. The first-order valence-electron chi connectivity index (χ1n) is 6.59. The molecule has 2 aromatic rings. The van der Waals surface area contributed by atoms with Gasteiger partial charge in [0.1, 0.15) is 5.37 Å². The Kier molecular flexibility index (Phi) is 4.08. The van der Waals surface area contributed by atoms with Crippen LogP contribution in [-0.2, 0) is 11.2 Å². The maximum absolute atomic E-state index is 12.1. The Balaban J connectivity index is 1.73. The Morgan fingerprint density at radius 3 is 3.05 bits per heavy atom. The highest BCUT2D eigenvalue weighted by Crippen LogP contribution is 2.42. The van der Waals surface area contributed by atoms with Crippen molar-refractivity contribution in [2.45, 2.75) is 18.7 Å². The van der Waals surface area contributed by atoms with Crippen molar-refractivity contribution in [3.63, 3.8) is 0 Å². The number of nitrogens with zero attached hydrogens (tertiary/aromatic N) is 2. The Bertz CT molecular complexity index is 597. The second-order valence-electron chi connectivity index (χ2n) is 4.83. The summed E-state index contributed by atoms with van der Waals surface area (Å²) < 4.78 is 0. The lowest BCUT2D eigenvalue weighted by Crippen LogP contribution is -2.30. The zero-order valence-electron chi connectivity index (χ0n) is 11.3. The second-order valence-corrected chi connectivity index (χ2v) is 6.85. The van der Waals surface area contributed by atoms with Crippen molar-refractivity contribution in [2.24, 2.45) is 0 Å². The van der Waals surface area contributed by atoms with E-state index in [1.165, 1.54) is 16.0 Å². The van der Waals surface area contributed by atoms with Gasteiger partial charge >= 0.3 is 0 Å². The molecule has 0 aliphatic carbocycles. The summed E-state index contributed by atoms with van der Waals surface area (Å²) in [6.07, 6.45) is 4.51. The number of aromatic nitrogens is 1. The predicted molar refractivity (Wildman–Crippen MR) is 83.9 cm³/mol. The van der Waals surface area contributed by atoms with Crippen molar-refractivity contribution in [2.75, 3.05) is 12.3 Å². The van der Waals surface area contributed by atoms with E-state index in [1.54, 1.807) is 29.3 Å². The van der Waals surface area contributed by atoms with E-state index in [9.17, 15) is 4.79 Å². The third-order valence-corrected chi connectivity index (χ3v) is 5.90. The number of hydrogen-bond acceptors (Lipinski definition) is 4. The highest BCUT2D eigenvalue weighted by molar-refractivity contribution is 8.00. The maximum atomic E-state index is 12.1. The molecule has 3 rings (SSSR count). The Morgan fingerprint density at radius 1 is 1.45 bits per heavy atom. The molecule has 1 amide bonds. The number of carbonyl (C=O) groups excluding carboxylic acids is 1. The summed E-state index contributed by atoms with van der Waals surface area (Å²) >= 11 is 3.48. The van der Waals surface area contributed by atoms with Gasteiger partial charge in [0, 0.05) is 23.8 Å². The van der Waals surface area contributed by atoms with E-state index in [1.807, 2.05) is 17.2 Å². The molecule has 20 heavy (non-hydrogen) atoms. The summed E-state index contributed by atoms with van der Waals surface area (Å²) in [7, 11) is 0. The van der Waals surface area contributed by atoms with Crippen LogP contribution in [0.1, 0.15) is 21.4 Å². The van der Waals surface area contributed by atoms with E-state index in [4.69, 9.17) is 0 Å². The molecule has 1 fully saturated rings. The van der Waals surface area contributed by atoms with Crippen LogP contribution in [0.25, 0.3) is 0 Å². The minimum absolute atomic E-state index is 0.194. The third kappa shape index (κ3) is 2.74. The average Bonchev–Trinajstić information content (AvgIpc) is 3.04. The molecule has 104 valence electrons. The lowest BCUT2D eigenvalue weighted by molar-refractivity contribution is -0.127. The molecule has 1 aliphatic heterocycles. The number of rotatable bonds is 4. The van der Waals surface area contributed by atoms with Crippen LogP contribution in [0.2, 0.25) is 0 Å². The van der Waals surface area contributed by atoms with Crippen LogP contribution in [-0.4, -0.2) is 28.1 Å². The van der Waals surface area contributed by atoms with Crippen molar-refractivity contribution in [3.05, 3.63) is 52.0 Å². The first-order chi connectivity index (χ1) is 9.75. The molecular formula is C15H16N2OS2. The van der Waals surface area contributed by atoms with E-state index in [0.717, 1.165) is 13.0 Å². The summed E-state index contributed by atoms with van der Waals surface area (Å²) in [6, 6.07) is 6.13. The summed E-state index contributed by atoms with van der Waals surface area (Å²) in [5, 5.41) is 2.30. The minimum Gasteiger partial charge on any atom is -0.325 e. The molecule has 3 nitrogen and oxygen atoms in total. The van der Waals surface area contributed by atoms with Gasteiger partial charge in [-0.05, 0) is 42.0 Å². The fourth-order valence-corrected chi connectivity index (χ4v) is 4.84. The van der Waals surface area contributed by atoms with Crippen molar-refractivity contribution in [3.8, 4) is 0 Å². The van der Waals surface area contributed by atoms with E-state index >= 15 is 0 Å². The van der Waals surface area contributed by atoms with Gasteiger partial charge in [-0.15, -0.1) is 23.1 Å². The molecule has 0 N–H and O–H groups in total. The molecule has 1 saturated heterocycles. The van der Waals surface area contributed by atoms with Gasteiger partial charge in [0.05, 0.1) is 5.75 Å². The number of amides is 1. The topological polar surface area (TPSA) is 33.2 Å². The maximum Gasteiger partial charge on any atom is 0.233 e. The van der Waals surface area contributed by atoms with Crippen molar-refractivity contribution in [1.82, 2.24) is 9.88 Å². The molecule has 0 saturated carbocycles. The van der Waals surface area contributed by atoms with Crippen LogP contribution in [0.3, 0.4) is 0 Å². The largest absolute Gasteiger partial charge is 0.325 e. The molecule has 3 heterocycles. The molecule has 0 radical (unpaired) electrons. The van der Waals surface area contributed by atoms with Gasteiger partial charge in [0.2, 0.25) is 5.91 Å². The number of hydrogen-bond donors (Lipinski definition) is 0. The first kappa shape index (κ1) is 13.6. The smallest absolute Gasteiger partial charge is 0.233 e. The fourth-order valence-electron chi connectivity index (χ4n) is 2.35. The molecule has 0 spiro atoms. The molecular weight excluding hydrogens is 288 g/mol. The molecule has 1 atom stereocenters. The van der Waals surface area contributed by atoms with Gasteiger partial charge in [-0.1, -0.05) is 6.07 Å². The van der Waals surface area contributed by atoms with Crippen molar-refractivity contribution in [1.29, 1.82) is 0 Å². The van der Waals surface area contributed by atoms with Crippen LogP contribution in [0.4, 0.5) is 0 Å². The average molecular weight is 304 g/mol. The van der Waals surface area contributed by atoms with Gasteiger partial charge < -0.3 is 4.90 Å². The van der Waals surface area contributed by atoms with E-state index in [0.29, 0.717) is 5.75 Å². The number of carbonyl (C=O) groups is 1. The summed E-state index contributed by atoms with van der Waals surface area (Å²) in [5.41, 5.74) is 2.47. The zero-order chi connectivity index (χ0) is 13.9. The van der Waals surface area contributed by atoms with E-state index in [-0.39, 0.29) is 11.3 Å². The zero-order valence-corrected chi connectivity index (χ0v) is 12.9. The van der Waals surface area contributed by atoms with Gasteiger partial charge in [-0.3, -0.25) is 9.78 Å². The third-order valence-electron chi connectivity index (χ3n) is 3.46. The fraction of sp³-hybridized carbons (Fsp3) is 0.333. The minimum atomic E-state index is 0.194. The molecule has 2 aromatic heterocycles. The highest BCUT2D eigenvalue weighted by atomic mass is 32.2. The Morgan fingerprint density at radius 2 is 2.35 bits per heavy atom. The SMILES string of the molecule is Cc1ccsc1C1SCC(=O)N1CCc1cccnc1. The monoisotopic (exact) mass is 304 g/mol. The summed E-state index contributed by atoms with van der Waals surface area (Å²) in [4.78, 5) is 19.6. The van der Waals surface area contributed by atoms with Crippen LogP contribution >= 0.6 is 23.1 Å². The predicted octanol–water partition coefficient (Wildman–Crippen LogP) is 3.27.